The van der Waals surface area contributed by atoms with Crippen LogP contribution in [-0.2, 0) is 0 Å². The molecule has 4 aromatic rings. The number of benzene rings is 2. The van der Waals surface area contributed by atoms with Gasteiger partial charge in [0.05, 0.1) is 17.5 Å². The fraction of sp³-hybridized carbons (Fsp3) is 0. The van der Waals surface area contributed by atoms with E-state index < -0.39 is 0 Å². The number of para-hydroxylation sites is 1. The van der Waals surface area contributed by atoms with Crippen LogP contribution in [-0.4, -0.2) is 26.9 Å². The minimum atomic E-state index is -0.335. The Morgan fingerprint density at radius 3 is 2.55 bits per heavy atom. The SMILES string of the molecule is O=C(NN=Cc1cn(-c2ccccc2)nc1-c1ccc(Cl)cc1)c1cccnc1. The van der Waals surface area contributed by atoms with Crippen LogP contribution in [0.1, 0.15) is 15.9 Å². The average molecular weight is 402 g/mol. The first kappa shape index (κ1) is 18.6. The van der Waals surface area contributed by atoms with Crippen molar-refractivity contribution in [3.63, 3.8) is 0 Å². The molecule has 6 nitrogen and oxygen atoms in total. The minimum Gasteiger partial charge on any atom is -0.267 e. The van der Waals surface area contributed by atoms with Gasteiger partial charge >= 0.3 is 0 Å². The van der Waals surface area contributed by atoms with E-state index in [9.17, 15) is 4.79 Å². The van der Waals surface area contributed by atoms with Crippen molar-refractivity contribution in [1.82, 2.24) is 20.2 Å². The van der Waals surface area contributed by atoms with Crippen molar-refractivity contribution >= 4 is 23.7 Å². The molecule has 0 atom stereocenters. The molecule has 0 fully saturated rings. The highest BCUT2D eigenvalue weighted by Crippen LogP contribution is 2.24. The smallest absolute Gasteiger partial charge is 0.267 e. The van der Waals surface area contributed by atoms with Crippen molar-refractivity contribution in [3.05, 3.63) is 101 Å². The predicted octanol–water partition coefficient (Wildman–Crippen LogP) is 4.35. The van der Waals surface area contributed by atoms with Gasteiger partial charge in [0.25, 0.3) is 5.91 Å². The Kier molecular flexibility index (Phi) is 5.45. The molecule has 0 radical (unpaired) electrons. The fourth-order valence-corrected chi connectivity index (χ4v) is 2.87. The molecule has 0 saturated heterocycles. The van der Waals surface area contributed by atoms with Crippen LogP contribution in [0.4, 0.5) is 0 Å². The van der Waals surface area contributed by atoms with Gasteiger partial charge in [-0.05, 0) is 36.4 Å². The van der Waals surface area contributed by atoms with E-state index in [-0.39, 0.29) is 5.91 Å². The van der Waals surface area contributed by atoms with Crippen LogP contribution in [0.25, 0.3) is 16.9 Å². The summed E-state index contributed by atoms with van der Waals surface area (Å²) in [7, 11) is 0. The molecule has 0 saturated carbocycles. The third kappa shape index (κ3) is 4.39. The van der Waals surface area contributed by atoms with E-state index >= 15 is 0 Å². The zero-order valence-electron chi connectivity index (χ0n) is 15.2. The summed E-state index contributed by atoms with van der Waals surface area (Å²) in [4.78, 5) is 16.1. The number of aromatic nitrogens is 3. The number of pyridine rings is 1. The molecule has 2 aromatic heterocycles. The largest absolute Gasteiger partial charge is 0.272 e. The normalized spacial score (nSPS) is 10.9. The number of halogens is 1. The molecule has 0 bridgehead atoms. The van der Waals surface area contributed by atoms with Gasteiger partial charge in [0.15, 0.2) is 0 Å². The van der Waals surface area contributed by atoms with E-state index in [1.165, 1.54) is 6.20 Å². The van der Waals surface area contributed by atoms with Gasteiger partial charge in [-0.15, -0.1) is 0 Å². The lowest BCUT2D eigenvalue weighted by molar-refractivity contribution is 0.0955. The van der Waals surface area contributed by atoms with E-state index in [4.69, 9.17) is 16.7 Å². The second-order valence-corrected chi connectivity index (χ2v) is 6.60. The van der Waals surface area contributed by atoms with Gasteiger partial charge < -0.3 is 0 Å². The Morgan fingerprint density at radius 2 is 1.83 bits per heavy atom. The third-order valence-electron chi connectivity index (χ3n) is 4.17. The molecule has 0 aliphatic rings. The lowest BCUT2D eigenvalue weighted by Crippen LogP contribution is -2.17. The van der Waals surface area contributed by atoms with Crippen LogP contribution in [0.5, 0.6) is 0 Å². The van der Waals surface area contributed by atoms with Crippen molar-refractivity contribution in [2.45, 2.75) is 0 Å². The summed E-state index contributed by atoms with van der Waals surface area (Å²) >= 11 is 6.01. The van der Waals surface area contributed by atoms with Crippen LogP contribution in [0.2, 0.25) is 5.02 Å². The number of carbonyl (C=O) groups is 1. The first-order valence-corrected chi connectivity index (χ1v) is 9.23. The first-order valence-electron chi connectivity index (χ1n) is 8.85. The lowest BCUT2D eigenvalue weighted by Gasteiger charge is -2.01. The van der Waals surface area contributed by atoms with E-state index in [0.717, 1.165) is 22.5 Å². The second-order valence-electron chi connectivity index (χ2n) is 6.16. The van der Waals surface area contributed by atoms with E-state index in [2.05, 4.69) is 15.5 Å². The standard InChI is InChI=1S/C22H16ClN5O/c23-19-10-8-16(9-11-19)21-18(15-28(27-21)20-6-2-1-3-7-20)14-25-26-22(29)17-5-4-12-24-13-17/h1-15H,(H,26,29). The summed E-state index contributed by atoms with van der Waals surface area (Å²) in [6.45, 7) is 0. The van der Waals surface area contributed by atoms with Gasteiger partial charge in [0, 0.05) is 34.7 Å². The van der Waals surface area contributed by atoms with Crippen molar-refractivity contribution in [1.29, 1.82) is 0 Å². The lowest BCUT2D eigenvalue weighted by atomic mass is 10.1. The third-order valence-corrected chi connectivity index (χ3v) is 4.43. The predicted molar refractivity (Wildman–Crippen MR) is 113 cm³/mol. The molecular formula is C22H16ClN5O. The maximum atomic E-state index is 12.2. The molecule has 142 valence electrons. The van der Waals surface area contributed by atoms with Crippen LogP contribution in [0.3, 0.4) is 0 Å². The van der Waals surface area contributed by atoms with Gasteiger partial charge in [-0.3, -0.25) is 9.78 Å². The fourth-order valence-electron chi connectivity index (χ4n) is 2.75. The highest BCUT2D eigenvalue weighted by molar-refractivity contribution is 6.30. The van der Waals surface area contributed by atoms with Crippen molar-refractivity contribution in [2.75, 3.05) is 0 Å². The van der Waals surface area contributed by atoms with Crippen LogP contribution >= 0.6 is 11.6 Å². The molecule has 7 heteroatoms. The molecule has 2 aromatic carbocycles. The number of nitrogens with zero attached hydrogens (tertiary/aromatic N) is 4. The monoisotopic (exact) mass is 401 g/mol. The molecule has 0 aliphatic carbocycles. The molecule has 29 heavy (non-hydrogen) atoms. The van der Waals surface area contributed by atoms with E-state index in [0.29, 0.717) is 10.6 Å². The number of hydrazone groups is 1. The van der Waals surface area contributed by atoms with Crippen molar-refractivity contribution in [3.8, 4) is 16.9 Å². The number of hydrogen-bond donors (Lipinski definition) is 1. The summed E-state index contributed by atoms with van der Waals surface area (Å²) < 4.78 is 1.77. The number of amides is 1. The summed E-state index contributed by atoms with van der Waals surface area (Å²) in [5.74, 6) is -0.335. The molecule has 0 spiro atoms. The second kappa shape index (κ2) is 8.50. The van der Waals surface area contributed by atoms with Gasteiger partial charge in [-0.25, -0.2) is 10.1 Å². The topological polar surface area (TPSA) is 72.2 Å². The first-order chi connectivity index (χ1) is 14.2. The summed E-state index contributed by atoms with van der Waals surface area (Å²) in [5, 5.41) is 9.44. The van der Waals surface area contributed by atoms with Gasteiger partial charge in [0.2, 0.25) is 0 Å². The minimum absolute atomic E-state index is 0.335. The Hall–Kier alpha value is -3.77. The number of rotatable bonds is 5. The van der Waals surface area contributed by atoms with Gasteiger partial charge in [0.1, 0.15) is 5.69 Å². The van der Waals surface area contributed by atoms with Gasteiger partial charge in [-0.1, -0.05) is 41.9 Å². The van der Waals surface area contributed by atoms with Crippen molar-refractivity contribution < 1.29 is 4.79 Å². The summed E-state index contributed by atoms with van der Waals surface area (Å²) in [5.41, 5.74) is 6.24. The average Bonchev–Trinajstić information content (AvgIpc) is 3.19. The highest BCUT2D eigenvalue weighted by atomic mass is 35.5. The number of hydrogen-bond acceptors (Lipinski definition) is 4. The van der Waals surface area contributed by atoms with Gasteiger partial charge in [-0.2, -0.15) is 10.2 Å². The number of nitrogens with one attached hydrogen (secondary N) is 1. The Labute approximate surface area is 172 Å². The van der Waals surface area contributed by atoms with Crippen LogP contribution in [0, 0.1) is 0 Å². The molecule has 0 aliphatic heterocycles. The molecule has 0 unspecified atom stereocenters. The summed E-state index contributed by atoms with van der Waals surface area (Å²) in [6, 6.07) is 20.5. The molecule has 1 N–H and O–H groups in total. The summed E-state index contributed by atoms with van der Waals surface area (Å²) in [6.07, 6.45) is 6.53. The van der Waals surface area contributed by atoms with Crippen LogP contribution in [0.15, 0.2) is 90.4 Å². The Morgan fingerprint density at radius 1 is 1.03 bits per heavy atom. The molecular weight excluding hydrogens is 386 g/mol. The maximum absolute atomic E-state index is 12.2. The zero-order valence-corrected chi connectivity index (χ0v) is 16.0. The molecule has 1 amide bonds. The highest BCUT2D eigenvalue weighted by Gasteiger charge is 2.11. The van der Waals surface area contributed by atoms with E-state index in [1.54, 1.807) is 29.2 Å². The molecule has 2 heterocycles. The Bertz CT molecular complexity index is 1140. The number of carbonyl (C=O) groups excluding carboxylic acids is 1. The maximum Gasteiger partial charge on any atom is 0.272 e. The van der Waals surface area contributed by atoms with Crippen LogP contribution < -0.4 is 5.43 Å². The molecule has 4 rings (SSSR count). The van der Waals surface area contributed by atoms with Crippen molar-refractivity contribution in [2.24, 2.45) is 5.10 Å². The quantitative estimate of drug-likeness (QED) is 0.399. The zero-order chi connectivity index (χ0) is 20.1. The van der Waals surface area contributed by atoms with E-state index in [1.807, 2.05) is 60.8 Å². The Balaban J connectivity index is 1.64.